The molecule has 1 N–H and O–H groups in total. The summed E-state index contributed by atoms with van der Waals surface area (Å²) in [6.45, 7) is 5.35. The van der Waals surface area contributed by atoms with Gasteiger partial charge in [-0.3, -0.25) is 4.68 Å². The lowest BCUT2D eigenvalue weighted by atomic mass is 9.72. The summed E-state index contributed by atoms with van der Waals surface area (Å²) in [5.74, 6) is 0. The number of aromatic nitrogens is 2. The number of aryl methyl sites for hydroxylation is 2. The Labute approximate surface area is 118 Å². The summed E-state index contributed by atoms with van der Waals surface area (Å²) >= 11 is 3.66. The summed E-state index contributed by atoms with van der Waals surface area (Å²) < 4.78 is 3.20. The number of aliphatic hydroxyl groups is 1. The second-order valence-electron chi connectivity index (χ2n) is 5.56. The van der Waals surface area contributed by atoms with Gasteiger partial charge in [-0.15, -0.1) is 0 Å². The van der Waals surface area contributed by atoms with Crippen LogP contribution in [0.5, 0.6) is 0 Å². The molecule has 0 aliphatic heterocycles. The number of aliphatic hydroxyl groups excluding tert-OH is 1. The highest BCUT2D eigenvalue weighted by molar-refractivity contribution is 9.10. The Bertz CT molecular complexity index is 408. The van der Waals surface area contributed by atoms with Gasteiger partial charge in [0.15, 0.2) is 0 Å². The SMILES string of the molecule is CCn1nc(C)c(Br)c1CC1(CO)CCCCC1. The maximum absolute atomic E-state index is 9.82. The summed E-state index contributed by atoms with van der Waals surface area (Å²) in [6.07, 6.45) is 7.04. The van der Waals surface area contributed by atoms with E-state index in [1.807, 2.05) is 6.92 Å². The lowest BCUT2D eigenvalue weighted by Crippen LogP contribution is -2.31. The van der Waals surface area contributed by atoms with Gasteiger partial charge in [-0.05, 0) is 54.5 Å². The van der Waals surface area contributed by atoms with Crippen LogP contribution in [0.25, 0.3) is 0 Å². The Kier molecular flexibility index (Phi) is 4.49. The summed E-state index contributed by atoms with van der Waals surface area (Å²) in [6, 6.07) is 0. The summed E-state index contributed by atoms with van der Waals surface area (Å²) in [4.78, 5) is 0. The zero-order valence-corrected chi connectivity index (χ0v) is 13.0. The fourth-order valence-corrected chi connectivity index (χ4v) is 3.51. The average Bonchev–Trinajstić information content (AvgIpc) is 2.67. The topological polar surface area (TPSA) is 38.0 Å². The minimum Gasteiger partial charge on any atom is -0.396 e. The molecule has 1 aliphatic carbocycles. The number of halogens is 1. The molecule has 1 saturated carbocycles. The largest absolute Gasteiger partial charge is 0.396 e. The van der Waals surface area contributed by atoms with Crippen molar-refractivity contribution in [3.05, 3.63) is 15.9 Å². The first kappa shape index (κ1) is 14.1. The van der Waals surface area contributed by atoms with Gasteiger partial charge in [0.25, 0.3) is 0 Å². The van der Waals surface area contributed by atoms with E-state index in [0.29, 0.717) is 6.61 Å². The summed E-state index contributed by atoms with van der Waals surface area (Å²) in [5, 5.41) is 14.4. The van der Waals surface area contributed by atoms with Crippen LogP contribution in [0, 0.1) is 12.3 Å². The summed E-state index contributed by atoms with van der Waals surface area (Å²) in [5.41, 5.74) is 2.39. The molecule has 0 saturated heterocycles. The van der Waals surface area contributed by atoms with E-state index in [0.717, 1.165) is 36.0 Å². The number of hydrogen-bond donors (Lipinski definition) is 1. The van der Waals surface area contributed by atoms with E-state index in [1.165, 1.54) is 25.0 Å². The zero-order chi connectivity index (χ0) is 13.2. The molecule has 0 atom stereocenters. The molecule has 102 valence electrons. The molecule has 1 fully saturated rings. The van der Waals surface area contributed by atoms with E-state index in [9.17, 15) is 5.11 Å². The molecule has 18 heavy (non-hydrogen) atoms. The lowest BCUT2D eigenvalue weighted by Gasteiger charge is -2.35. The van der Waals surface area contributed by atoms with Gasteiger partial charge in [-0.1, -0.05) is 19.3 Å². The molecule has 3 nitrogen and oxygen atoms in total. The second-order valence-corrected chi connectivity index (χ2v) is 6.35. The van der Waals surface area contributed by atoms with Crippen molar-refractivity contribution in [2.75, 3.05) is 6.61 Å². The van der Waals surface area contributed by atoms with Crippen LogP contribution < -0.4 is 0 Å². The predicted molar refractivity (Wildman–Crippen MR) is 76.6 cm³/mol. The molecule has 1 aromatic rings. The molecular weight excluding hydrogens is 292 g/mol. The Hall–Kier alpha value is -0.350. The third-order valence-electron chi connectivity index (χ3n) is 4.24. The molecule has 0 unspecified atom stereocenters. The number of nitrogens with zero attached hydrogens (tertiary/aromatic N) is 2. The van der Waals surface area contributed by atoms with Crippen LogP contribution in [0.1, 0.15) is 50.4 Å². The minimum absolute atomic E-state index is 0.0835. The van der Waals surface area contributed by atoms with Crippen molar-refractivity contribution in [1.29, 1.82) is 0 Å². The van der Waals surface area contributed by atoms with Crippen molar-refractivity contribution >= 4 is 15.9 Å². The molecule has 0 spiro atoms. The van der Waals surface area contributed by atoms with Crippen molar-refractivity contribution in [2.24, 2.45) is 5.41 Å². The van der Waals surface area contributed by atoms with Gasteiger partial charge in [0.05, 0.1) is 15.9 Å². The van der Waals surface area contributed by atoms with Crippen LogP contribution in [0.15, 0.2) is 4.47 Å². The monoisotopic (exact) mass is 314 g/mol. The van der Waals surface area contributed by atoms with E-state index < -0.39 is 0 Å². The third kappa shape index (κ3) is 2.64. The molecule has 0 radical (unpaired) electrons. The van der Waals surface area contributed by atoms with Gasteiger partial charge in [-0.2, -0.15) is 5.10 Å². The van der Waals surface area contributed by atoms with Crippen molar-refractivity contribution in [3.63, 3.8) is 0 Å². The maximum atomic E-state index is 9.82. The first-order valence-electron chi connectivity index (χ1n) is 6.94. The molecule has 1 aromatic heterocycles. The molecule has 4 heteroatoms. The van der Waals surface area contributed by atoms with Crippen LogP contribution in [0.4, 0.5) is 0 Å². The molecule has 1 aliphatic rings. The second kappa shape index (κ2) is 5.74. The van der Waals surface area contributed by atoms with Crippen molar-refractivity contribution < 1.29 is 5.11 Å². The fourth-order valence-electron chi connectivity index (χ4n) is 3.09. The van der Waals surface area contributed by atoms with Gasteiger partial charge < -0.3 is 5.11 Å². The Balaban J connectivity index is 2.26. The van der Waals surface area contributed by atoms with Crippen molar-refractivity contribution in [1.82, 2.24) is 9.78 Å². The molecule has 0 aromatic carbocycles. The highest BCUT2D eigenvalue weighted by Gasteiger charge is 2.33. The normalized spacial score (nSPS) is 19.1. The van der Waals surface area contributed by atoms with Crippen molar-refractivity contribution in [3.8, 4) is 0 Å². The lowest BCUT2D eigenvalue weighted by molar-refractivity contribution is 0.0801. The zero-order valence-electron chi connectivity index (χ0n) is 11.4. The van der Waals surface area contributed by atoms with Crippen LogP contribution in [-0.4, -0.2) is 21.5 Å². The van der Waals surface area contributed by atoms with Gasteiger partial charge in [0.1, 0.15) is 0 Å². The van der Waals surface area contributed by atoms with E-state index in [2.05, 4.69) is 32.6 Å². The maximum Gasteiger partial charge on any atom is 0.0738 e. The first-order chi connectivity index (χ1) is 8.62. The van der Waals surface area contributed by atoms with Crippen LogP contribution >= 0.6 is 15.9 Å². The van der Waals surface area contributed by atoms with Gasteiger partial charge in [-0.25, -0.2) is 0 Å². The van der Waals surface area contributed by atoms with E-state index in [4.69, 9.17) is 0 Å². The fraction of sp³-hybridized carbons (Fsp3) is 0.786. The first-order valence-corrected chi connectivity index (χ1v) is 7.74. The minimum atomic E-state index is 0.0835. The van der Waals surface area contributed by atoms with E-state index >= 15 is 0 Å². The van der Waals surface area contributed by atoms with Crippen LogP contribution in [-0.2, 0) is 13.0 Å². The summed E-state index contributed by atoms with van der Waals surface area (Å²) in [7, 11) is 0. The average molecular weight is 315 g/mol. The molecule has 1 heterocycles. The Morgan fingerprint density at radius 1 is 1.33 bits per heavy atom. The van der Waals surface area contributed by atoms with Crippen molar-refractivity contribution in [2.45, 2.75) is 58.9 Å². The molecular formula is C14H23BrN2O. The number of rotatable bonds is 4. The molecule has 0 amide bonds. The quantitative estimate of drug-likeness (QED) is 0.924. The Morgan fingerprint density at radius 3 is 2.56 bits per heavy atom. The van der Waals surface area contributed by atoms with Gasteiger partial charge in [0, 0.05) is 13.2 Å². The van der Waals surface area contributed by atoms with E-state index in [-0.39, 0.29) is 5.41 Å². The van der Waals surface area contributed by atoms with Crippen LogP contribution in [0.2, 0.25) is 0 Å². The third-order valence-corrected chi connectivity index (χ3v) is 5.28. The predicted octanol–water partition coefficient (Wildman–Crippen LogP) is 3.46. The number of hydrogen-bond acceptors (Lipinski definition) is 2. The van der Waals surface area contributed by atoms with E-state index in [1.54, 1.807) is 0 Å². The van der Waals surface area contributed by atoms with Gasteiger partial charge in [0.2, 0.25) is 0 Å². The smallest absolute Gasteiger partial charge is 0.0738 e. The molecule has 2 rings (SSSR count). The molecule has 0 bridgehead atoms. The van der Waals surface area contributed by atoms with Crippen LogP contribution in [0.3, 0.4) is 0 Å². The van der Waals surface area contributed by atoms with Gasteiger partial charge >= 0.3 is 0 Å². The highest BCUT2D eigenvalue weighted by Crippen LogP contribution is 2.40. The Morgan fingerprint density at radius 2 is 2.00 bits per heavy atom. The highest BCUT2D eigenvalue weighted by atomic mass is 79.9. The standard InChI is InChI=1S/C14H23BrN2O/c1-3-17-12(13(15)11(2)16-17)9-14(10-18)7-5-4-6-8-14/h18H,3-10H2,1-2H3.